The molecule has 2 nitrogen and oxygen atoms in total. The van der Waals surface area contributed by atoms with Gasteiger partial charge in [-0.25, -0.2) is 4.39 Å². The van der Waals surface area contributed by atoms with Gasteiger partial charge in [0.25, 0.3) is 0 Å². The summed E-state index contributed by atoms with van der Waals surface area (Å²) < 4.78 is 14.0. The SMILES string of the molecule is CCN(CC1CC1)C(CN)c1c(F)cccc1Cl. The van der Waals surface area contributed by atoms with Crippen molar-refractivity contribution in [3.05, 3.63) is 34.6 Å². The second kappa shape index (κ2) is 6.00. The van der Waals surface area contributed by atoms with E-state index in [1.807, 2.05) is 0 Å². The molecule has 0 radical (unpaired) electrons. The molecule has 1 aliphatic rings. The molecule has 1 saturated carbocycles. The summed E-state index contributed by atoms with van der Waals surface area (Å²) >= 11 is 6.13. The van der Waals surface area contributed by atoms with E-state index in [1.165, 1.54) is 18.9 Å². The minimum atomic E-state index is -0.257. The lowest BCUT2D eigenvalue weighted by Crippen LogP contribution is -2.36. The molecule has 2 N–H and O–H groups in total. The van der Waals surface area contributed by atoms with Crippen molar-refractivity contribution in [2.45, 2.75) is 25.8 Å². The molecule has 4 heteroatoms. The molecule has 0 aliphatic heterocycles. The van der Waals surface area contributed by atoms with Crippen LogP contribution in [0.3, 0.4) is 0 Å². The van der Waals surface area contributed by atoms with Gasteiger partial charge >= 0.3 is 0 Å². The molecule has 0 saturated heterocycles. The fourth-order valence-electron chi connectivity index (χ4n) is 2.39. The van der Waals surface area contributed by atoms with Crippen LogP contribution in [0.5, 0.6) is 0 Å². The van der Waals surface area contributed by atoms with E-state index in [2.05, 4.69) is 11.8 Å². The Morgan fingerprint density at radius 2 is 2.22 bits per heavy atom. The minimum Gasteiger partial charge on any atom is -0.329 e. The largest absolute Gasteiger partial charge is 0.329 e. The highest BCUT2D eigenvalue weighted by atomic mass is 35.5. The Labute approximate surface area is 113 Å². The van der Waals surface area contributed by atoms with E-state index < -0.39 is 0 Å². The second-order valence-electron chi connectivity index (χ2n) is 4.92. The summed E-state index contributed by atoms with van der Waals surface area (Å²) in [6.07, 6.45) is 2.55. The van der Waals surface area contributed by atoms with Gasteiger partial charge in [0.2, 0.25) is 0 Å². The Kier molecular flexibility index (Phi) is 4.60. The summed E-state index contributed by atoms with van der Waals surface area (Å²) in [6.45, 7) is 4.33. The van der Waals surface area contributed by atoms with E-state index in [0.29, 0.717) is 17.1 Å². The summed E-state index contributed by atoms with van der Waals surface area (Å²) in [7, 11) is 0. The number of nitrogens with zero attached hydrogens (tertiary/aromatic N) is 1. The molecule has 1 atom stereocenters. The lowest BCUT2D eigenvalue weighted by atomic mass is 10.0. The minimum absolute atomic E-state index is 0.121. The molecule has 0 spiro atoms. The summed E-state index contributed by atoms with van der Waals surface area (Å²) in [5, 5.41) is 0.472. The van der Waals surface area contributed by atoms with Crippen molar-refractivity contribution < 1.29 is 4.39 Å². The van der Waals surface area contributed by atoms with Crippen molar-refractivity contribution in [3.63, 3.8) is 0 Å². The molecule has 18 heavy (non-hydrogen) atoms. The Morgan fingerprint density at radius 3 is 2.72 bits per heavy atom. The molecular weight excluding hydrogens is 251 g/mol. The first-order valence-electron chi connectivity index (χ1n) is 6.55. The van der Waals surface area contributed by atoms with Crippen molar-refractivity contribution in [1.29, 1.82) is 0 Å². The van der Waals surface area contributed by atoms with Crippen LogP contribution in [0.2, 0.25) is 5.02 Å². The zero-order valence-electron chi connectivity index (χ0n) is 10.7. The summed E-state index contributed by atoms with van der Waals surface area (Å²) in [5.41, 5.74) is 6.39. The van der Waals surface area contributed by atoms with Gasteiger partial charge in [-0.15, -0.1) is 0 Å². The summed E-state index contributed by atoms with van der Waals surface area (Å²) in [6, 6.07) is 4.69. The van der Waals surface area contributed by atoms with Gasteiger partial charge in [-0.3, -0.25) is 4.90 Å². The molecule has 1 aromatic carbocycles. The predicted octanol–water partition coefficient (Wildman–Crippen LogP) is 3.21. The summed E-state index contributed by atoms with van der Waals surface area (Å²) in [5.74, 6) is 0.497. The molecule has 1 aliphatic carbocycles. The normalized spacial score (nSPS) is 17.2. The number of nitrogens with two attached hydrogens (primary N) is 1. The van der Waals surface area contributed by atoms with Crippen LogP contribution in [0.4, 0.5) is 4.39 Å². The highest BCUT2D eigenvalue weighted by Gasteiger charge is 2.29. The molecule has 1 aromatic rings. The standard InChI is InChI=1S/C14H20ClFN2/c1-2-18(9-10-6-7-10)13(8-17)14-11(15)4-3-5-12(14)16/h3-5,10,13H,2,6-9,17H2,1H3. The van der Waals surface area contributed by atoms with Crippen LogP contribution in [-0.2, 0) is 0 Å². The van der Waals surface area contributed by atoms with Crippen molar-refractivity contribution >= 4 is 11.6 Å². The second-order valence-corrected chi connectivity index (χ2v) is 5.32. The van der Waals surface area contributed by atoms with Gasteiger partial charge < -0.3 is 5.73 Å². The Bertz CT molecular complexity index is 387. The first-order valence-corrected chi connectivity index (χ1v) is 6.93. The zero-order chi connectivity index (χ0) is 13.1. The monoisotopic (exact) mass is 270 g/mol. The van der Waals surface area contributed by atoms with Crippen LogP contribution in [0, 0.1) is 11.7 Å². The Morgan fingerprint density at radius 1 is 1.50 bits per heavy atom. The fourth-order valence-corrected chi connectivity index (χ4v) is 2.68. The van der Waals surface area contributed by atoms with Gasteiger partial charge in [-0.2, -0.15) is 0 Å². The molecule has 0 aromatic heterocycles. The van der Waals surface area contributed by atoms with Crippen LogP contribution < -0.4 is 5.73 Å². The van der Waals surface area contributed by atoms with E-state index in [9.17, 15) is 4.39 Å². The van der Waals surface area contributed by atoms with E-state index >= 15 is 0 Å². The van der Waals surface area contributed by atoms with Crippen molar-refractivity contribution in [2.24, 2.45) is 11.7 Å². The number of rotatable bonds is 6. The highest BCUT2D eigenvalue weighted by Crippen LogP contribution is 2.34. The predicted molar refractivity (Wildman–Crippen MR) is 73.2 cm³/mol. The van der Waals surface area contributed by atoms with Crippen molar-refractivity contribution in [1.82, 2.24) is 4.90 Å². The zero-order valence-corrected chi connectivity index (χ0v) is 11.5. The van der Waals surface area contributed by atoms with Crippen LogP contribution >= 0.6 is 11.6 Å². The molecule has 1 unspecified atom stereocenters. The van der Waals surface area contributed by atoms with E-state index in [-0.39, 0.29) is 11.9 Å². The van der Waals surface area contributed by atoms with E-state index in [4.69, 9.17) is 17.3 Å². The molecule has 2 rings (SSSR count). The molecule has 0 bridgehead atoms. The maximum atomic E-state index is 14.0. The average molecular weight is 271 g/mol. The third-order valence-corrected chi connectivity index (χ3v) is 3.92. The van der Waals surface area contributed by atoms with Gasteiger partial charge in [-0.05, 0) is 37.4 Å². The van der Waals surface area contributed by atoms with Crippen LogP contribution in [-0.4, -0.2) is 24.5 Å². The third-order valence-electron chi connectivity index (χ3n) is 3.59. The van der Waals surface area contributed by atoms with Gasteiger partial charge in [0.15, 0.2) is 0 Å². The number of likely N-dealkylation sites (N-methyl/N-ethyl adjacent to an activating group) is 1. The number of hydrogen-bond donors (Lipinski definition) is 1. The fraction of sp³-hybridized carbons (Fsp3) is 0.571. The van der Waals surface area contributed by atoms with E-state index in [1.54, 1.807) is 12.1 Å². The molecule has 0 amide bonds. The van der Waals surface area contributed by atoms with Gasteiger partial charge in [0, 0.05) is 23.7 Å². The molecule has 100 valence electrons. The molecular formula is C14H20ClFN2. The highest BCUT2D eigenvalue weighted by molar-refractivity contribution is 6.31. The topological polar surface area (TPSA) is 29.3 Å². The first kappa shape index (κ1) is 13.8. The van der Waals surface area contributed by atoms with Crippen LogP contribution in [0.25, 0.3) is 0 Å². The van der Waals surface area contributed by atoms with Gasteiger partial charge in [0.05, 0.1) is 6.04 Å². The van der Waals surface area contributed by atoms with E-state index in [0.717, 1.165) is 19.0 Å². The molecule has 0 heterocycles. The van der Waals surface area contributed by atoms with Crippen LogP contribution in [0.1, 0.15) is 31.4 Å². The number of halogens is 2. The maximum absolute atomic E-state index is 14.0. The summed E-state index contributed by atoms with van der Waals surface area (Å²) in [4.78, 5) is 2.24. The molecule has 1 fully saturated rings. The van der Waals surface area contributed by atoms with Gasteiger partial charge in [0.1, 0.15) is 5.82 Å². The Hall–Kier alpha value is -0.640. The van der Waals surface area contributed by atoms with Crippen LogP contribution in [0.15, 0.2) is 18.2 Å². The van der Waals surface area contributed by atoms with Crippen molar-refractivity contribution in [2.75, 3.05) is 19.6 Å². The number of benzene rings is 1. The van der Waals surface area contributed by atoms with Gasteiger partial charge in [-0.1, -0.05) is 24.6 Å². The maximum Gasteiger partial charge on any atom is 0.129 e. The first-order chi connectivity index (χ1) is 8.67. The lowest BCUT2D eigenvalue weighted by molar-refractivity contribution is 0.200. The smallest absolute Gasteiger partial charge is 0.129 e. The number of hydrogen-bond acceptors (Lipinski definition) is 2. The third kappa shape index (κ3) is 3.02. The lowest BCUT2D eigenvalue weighted by Gasteiger charge is -2.31. The average Bonchev–Trinajstić information content (AvgIpc) is 3.15. The Balaban J connectivity index is 2.24. The quantitative estimate of drug-likeness (QED) is 0.860. The van der Waals surface area contributed by atoms with Crippen molar-refractivity contribution in [3.8, 4) is 0 Å².